The summed E-state index contributed by atoms with van der Waals surface area (Å²) in [5.74, 6) is -0.0801. The third-order valence-electron chi connectivity index (χ3n) is 4.14. The maximum Gasteiger partial charge on any atom is 0.324 e. The molecule has 2 aliphatic heterocycles. The Balaban J connectivity index is 1.74. The largest absolute Gasteiger partial charge is 0.336 e. The van der Waals surface area contributed by atoms with E-state index in [0.717, 1.165) is 19.4 Å². The molecule has 0 spiro atoms. The molecule has 0 aliphatic carbocycles. The van der Waals surface area contributed by atoms with Gasteiger partial charge in [-0.2, -0.15) is 0 Å². The maximum atomic E-state index is 12.5. The number of hydrogen-bond acceptors (Lipinski definition) is 4. The molecule has 108 valence electrons. The Hall–Kier alpha value is -1.40. The van der Waals surface area contributed by atoms with E-state index < -0.39 is 0 Å². The van der Waals surface area contributed by atoms with Crippen molar-refractivity contribution in [2.75, 3.05) is 19.6 Å². The first-order valence-electron chi connectivity index (χ1n) is 7.07. The minimum atomic E-state index is -0.256. The summed E-state index contributed by atoms with van der Waals surface area (Å²) in [6.45, 7) is 3.88. The summed E-state index contributed by atoms with van der Waals surface area (Å²) in [5, 5.41) is 4.76. The number of amides is 3. The Morgan fingerprint density at radius 3 is 3.00 bits per heavy atom. The molecule has 0 bridgehead atoms. The van der Waals surface area contributed by atoms with E-state index in [1.54, 1.807) is 11.3 Å². The summed E-state index contributed by atoms with van der Waals surface area (Å²) >= 11 is 1.74. The molecular formula is C14H19N3O2S. The van der Waals surface area contributed by atoms with Crippen LogP contribution < -0.4 is 5.32 Å². The number of nitrogens with one attached hydrogen (secondary N) is 1. The fourth-order valence-electron chi connectivity index (χ4n) is 3.09. The lowest BCUT2D eigenvalue weighted by Gasteiger charge is -2.31. The molecule has 0 saturated carbocycles. The highest BCUT2D eigenvalue weighted by atomic mass is 32.1. The lowest BCUT2D eigenvalue weighted by molar-refractivity contribution is -0.133. The summed E-state index contributed by atoms with van der Waals surface area (Å²) in [5.41, 5.74) is 0. The lowest BCUT2D eigenvalue weighted by atomic mass is 10.1. The minimum Gasteiger partial charge on any atom is -0.336 e. The number of rotatable bonds is 3. The molecule has 0 aromatic carbocycles. The van der Waals surface area contributed by atoms with Crippen LogP contribution in [0.2, 0.25) is 0 Å². The minimum absolute atomic E-state index is 0.0801. The van der Waals surface area contributed by atoms with E-state index in [-0.39, 0.29) is 18.0 Å². The number of carbonyl (C=O) groups is 2. The molecule has 1 aromatic rings. The van der Waals surface area contributed by atoms with Gasteiger partial charge in [0, 0.05) is 24.0 Å². The van der Waals surface area contributed by atoms with Crippen molar-refractivity contribution in [2.45, 2.75) is 31.8 Å². The fraction of sp³-hybridized carbons (Fsp3) is 0.571. The summed E-state index contributed by atoms with van der Waals surface area (Å²) < 4.78 is 0. The number of urea groups is 1. The third kappa shape index (κ3) is 2.33. The van der Waals surface area contributed by atoms with Crippen LogP contribution in [0.4, 0.5) is 4.79 Å². The average Bonchev–Trinajstić information content (AvgIpc) is 3.17. The van der Waals surface area contributed by atoms with Gasteiger partial charge in [-0.05, 0) is 37.8 Å². The average molecular weight is 293 g/mol. The summed E-state index contributed by atoms with van der Waals surface area (Å²) in [6, 6.07) is 4.01. The molecule has 2 saturated heterocycles. The van der Waals surface area contributed by atoms with Crippen LogP contribution in [0.25, 0.3) is 0 Å². The molecule has 1 aromatic heterocycles. The zero-order valence-corrected chi connectivity index (χ0v) is 12.4. The molecule has 6 heteroatoms. The molecule has 1 N–H and O–H groups in total. The topological polar surface area (TPSA) is 52.7 Å². The van der Waals surface area contributed by atoms with Gasteiger partial charge in [0.15, 0.2) is 0 Å². The van der Waals surface area contributed by atoms with Crippen molar-refractivity contribution < 1.29 is 9.59 Å². The van der Waals surface area contributed by atoms with Gasteiger partial charge in [-0.3, -0.25) is 14.6 Å². The Kier molecular flexibility index (Phi) is 3.76. The first-order valence-corrected chi connectivity index (χ1v) is 7.95. The van der Waals surface area contributed by atoms with Gasteiger partial charge in [-0.25, -0.2) is 4.79 Å². The van der Waals surface area contributed by atoms with Crippen LogP contribution in [-0.4, -0.2) is 47.4 Å². The summed E-state index contributed by atoms with van der Waals surface area (Å²) in [4.78, 5) is 29.0. The number of nitrogens with zero attached hydrogens (tertiary/aromatic N) is 2. The SMILES string of the molecule is CC(C(=O)N1CCNC1=O)N1CCCC1c1cccs1. The molecule has 2 aliphatic rings. The molecular weight excluding hydrogens is 274 g/mol. The summed E-state index contributed by atoms with van der Waals surface area (Å²) in [6.07, 6.45) is 2.19. The number of hydrogen-bond donors (Lipinski definition) is 1. The quantitative estimate of drug-likeness (QED) is 0.925. The van der Waals surface area contributed by atoms with E-state index in [1.807, 2.05) is 6.92 Å². The van der Waals surface area contributed by atoms with E-state index in [9.17, 15) is 9.59 Å². The Labute approximate surface area is 122 Å². The van der Waals surface area contributed by atoms with Gasteiger partial charge in [0.05, 0.1) is 6.04 Å². The number of thiophene rings is 1. The van der Waals surface area contributed by atoms with Gasteiger partial charge in [0.25, 0.3) is 0 Å². The second-order valence-corrected chi connectivity index (χ2v) is 6.29. The van der Waals surface area contributed by atoms with Crippen molar-refractivity contribution in [2.24, 2.45) is 0 Å². The second-order valence-electron chi connectivity index (χ2n) is 5.31. The van der Waals surface area contributed by atoms with Crippen molar-refractivity contribution in [1.82, 2.24) is 15.1 Å². The molecule has 2 unspecified atom stereocenters. The second kappa shape index (κ2) is 5.54. The first-order chi connectivity index (χ1) is 9.68. The molecule has 0 radical (unpaired) electrons. The predicted octanol–water partition coefficient (Wildman–Crippen LogP) is 1.83. The number of likely N-dealkylation sites (tertiary alicyclic amines) is 1. The highest BCUT2D eigenvalue weighted by Gasteiger charge is 2.37. The van der Waals surface area contributed by atoms with E-state index in [2.05, 4.69) is 27.7 Å². The maximum absolute atomic E-state index is 12.5. The van der Waals surface area contributed by atoms with Gasteiger partial charge >= 0.3 is 6.03 Å². The van der Waals surface area contributed by atoms with Crippen molar-refractivity contribution in [3.63, 3.8) is 0 Å². The monoisotopic (exact) mass is 293 g/mol. The smallest absolute Gasteiger partial charge is 0.324 e. The van der Waals surface area contributed by atoms with Crippen LogP contribution in [0.15, 0.2) is 17.5 Å². The van der Waals surface area contributed by atoms with Crippen LogP contribution in [0.3, 0.4) is 0 Å². The van der Waals surface area contributed by atoms with Gasteiger partial charge in [-0.15, -0.1) is 11.3 Å². The number of carbonyl (C=O) groups excluding carboxylic acids is 2. The van der Waals surface area contributed by atoms with Crippen LogP contribution in [0.1, 0.15) is 30.7 Å². The zero-order valence-electron chi connectivity index (χ0n) is 11.5. The van der Waals surface area contributed by atoms with Crippen LogP contribution >= 0.6 is 11.3 Å². The first kappa shape index (κ1) is 13.6. The van der Waals surface area contributed by atoms with Crippen LogP contribution in [-0.2, 0) is 4.79 Å². The van der Waals surface area contributed by atoms with E-state index >= 15 is 0 Å². The molecule has 2 fully saturated rings. The molecule has 2 atom stereocenters. The Bertz CT molecular complexity index is 503. The van der Waals surface area contributed by atoms with Crippen molar-refractivity contribution in [1.29, 1.82) is 0 Å². The normalized spacial score (nSPS) is 24.9. The molecule has 5 nitrogen and oxygen atoms in total. The van der Waals surface area contributed by atoms with Crippen LogP contribution in [0, 0.1) is 0 Å². The van der Waals surface area contributed by atoms with Gasteiger partial charge in [0.1, 0.15) is 0 Å². The molecule has 3 amide bonds. The van der Waals surface area contributed by atoms with Crippen LogP contribution in [0.5, 0.6) is 0 Å². The van der Waals surface area contributed by atoms with Gasteiger partial charge < -0.3 is 5.32 Å². The van der Waals surface area contributed by atoms with Crippen molar-refractivity contribution >= 4 is 23.3 Å². The number of imide groups is 1. The summed E-state index contributed by atoms with van der Waals surface area (Å²) in [7, 11) is 0. The lowest BCUT2D eigenvalue weighted by Crippen LogP contribution is -2.47. The fourth-order valence-corrected chi connectivity index (χ4v) is 3.97. The van der Waals surface area contributed by atoms with E-state index in [1.165, 1.54) is 9.78 Å². The van der Waals surface area contributed by atoms with E-state index in [0.29, 0.717) is 19.1 Å². The highest BCUT2D eigenvalue weighted by Crippen LogP contribution is 2.36. The molecule has 3 rings (SSSR count). The predicted molar refractivity (Wildman–Crippen MR) is 77.6 cm³/mol. The molecule has 20 heavy (non-hydrogen) atoms. The van der Waals surface area contributed by atoms with Crippen molar-refractivity contribution in [3.05, 3.63) is 22.4 Å². The van der Waals surface area contributed by atoms with Gasteiger partial charge in [0.2, 0.25) is 5.91 Å². The van der Waals surface area contributed by atoms with Gasteiger partial charge in [-0.1, -0.05) is 6.07 Å². The Morgan fingerprint density at radius 1 is 1.50 bits per heavy atom. The highest BCUT2D eigenvalue weighted by molar-refractivity contribution is 7.10. The van der Waals surface area contributed by atoms with E-state index in [4.69, 9.17) is 0 Å². The zero-order chi connectivity index (χ0) is 14.1. The molecule has 3 heterocycles. The Morgan fingerprint density at radius 2 is 2.35 bits per heavy atom. The standard InChI is InChI=1S/C14H19N3O2S/c1-10(13(18)17-8-6-15-14(17)19)16-7-2-4-11(16)12-5-3-9-20-12/h3,5,9-11H,2,4,6-8H2,1H3,(H,15,19). The van der Waals surface area contributed by atoms with Crippen molar-refractivity contribution in [3.8, 4) is 0 Å². The third-order valence-corrected chi connectivity index (χ3v) is 5.12.